The summed E-state index contributed by atoms with van der Waals surface area (Å²) < 4.78 is 45.4. The Labute approximate surface area is 218 Å². The predicted octanol–water partition coefficient (Wildman–Crippen LogP) is 3.53. The Morgan fingerprint density at radius 2 is 1.76 bits per heavy atom. The zero-order valence-electron chi connectivity index (χ0n) is 20.9. The van der Waals surface area contributed by atoms with Crippen molar-refractivity contribution in [3.05, 3.63) is 65.8 Å². The number of hydrogen-bond donors (Lipinski definition) is 2. The molecule has 0 radical (unpaired) electrons. The summed E-state index contributed by atoms with van der Waals surface area (Å²) in [6.07, 6.45) is -2.15. The fourth-order valence-electron chi connectivity index (χ4n) is 4.25. The van der Waals surface area contributed by atoms with Crippen molar-refractivity contribution < 1.29 is 27.5 Å². The summed E-state index contributed by atoms with van der Waals surface area (Å²) in [6, 6.07) is 12.7. The number of halogens is 3. The van der Waals surface area contributed by atoms with E-state index in [0.29, 0.717) is 18.8 Å². The third-order valence-electron chi connectivity index (χ3n) is 6.37. The van der Waals surface area contributed by atoms with Crippen LogP contribution in [0.5, 0.6) is 0 Å². The van der Waals surface area contributed by atoms with Crippen LogP contribution in [-0.2, 0) is 6.54 Å². The van der Waals surface area contributed by atoms with Gasteiger partial charge >= 0.3 is 12.5 Å². The first-order valence-corrected chi connectivity index (χ1v) is 12.5. The molecule has 204 valence electrons. The molecule has 1 fully saturated rings. The molecule has 1 aromatic heterocycles. The van der Waals surface area contributed by atoms with Crippen LogP contribution in [0.15, 0.2) is 52.9 Å². The number of aliphatic hydroxyl groups is 1. The van der Waals surface area contributed by atoms with Gasteiger partial charge in [0.05, 0.1) is 6.54 Å². The van der Waals surface area contributed by atoms with E-state index in [0.717, 1.165) is 45.2 Å². The van der Waals surface area contributed by atoms with Gasteiger partial charge in [0.1, 0.15) is 5.82 Å². The highest BCUT2D eigenvalue weighted by atomic mass is 19.3. The van der Waals surface area contributed by atoms with Crippen molar-refractivity contribution >= 4 is 11.7 Å². The van der Waals surface area contributed by atoms with E-state index in [1.165, 1.54) is 17.0 Å². The number of amides is 2. The number of carbonyl (C=O) groups excluding carboxylic acids is 1. The molecular formula is C26H31F3N6O3. The molecule has 1 aliphatic heterocycles. The van der Waals surface area contributed by atoms with Crippen LogP contribution in [0.1, 0.15) is 24.3 Å². The van der Waals surface area contributed by atoms with Gasteiger partial charge in [-0.15, -0.1) is 10.2 Å². The van der Waals surface area contributed by atoms with Crippen LogP contribution in [0.25, 0.3) is 11.5 Å². The average molecular weight is 533 g/mol. The fourth-order valence-corrected chi connectivity index (χ4v) is 4.25. The summed E-state index contributed by atoms with van der Waals surface area (Å²) in [5.74, 6) is -1.68. The number of carbonyl (C=O) groups is 1. The summed E-state index contributed by atoms with van der Waals surface area (Å²) in [4.78, 5) is 19.2. The molecule has 0 atom stereocenters. The fraction of sp³-hybridized carbons (Fsp3) is 0.423. The summed E-state index contributed by atoms with van der Waals surface area (Å²) in [6.45, 7) is 5.78. The monoisotopic (exact) mass is 532 g/mol. The molecule has 0 spiro atoms. The van der Waals surface area contributed by atoms with E-state index in [2.05, 4.69) is 25.3 Å². The van der Waals surface area contributed by atoms with Crippen molar-refractivity contribution in [2.75, 3.05) is 57.3 Å². The van der Waals surface area contributed by atoms with E-state index >= 15 is 4.39 Å². The molecule has 1 aliphatic rings. The number of nitrogens with one attached hydrogen (secondary N) is 1. The van der Waals surface area contributed by atoms with Gasteiger partial charge in [-0.25, -0.2) is 9.18 Å². The van der Waals surface area contributed by atoms with Crippen LogP contribution in [0, 0.1) is 5.82 Å². The third kappa shape index (κ3) is 7.30. The molecule has 0 unspecified atom stereocenters. The first kappa shape index (κ1) is 27.6. The zero-order valence-corrected chi connectivity index (χ0v) is 20.9. The highest BCUT2D eigenvalue weighted by Crippen LogP contribution is 2.26. The second-order valence-corrected chi connectivity index (χ2v) is 8.97. The summed E-state index contributed by atoms with van der Waals surface area (Å²) >= 11 is 0. The molecule has 0 aliphatic carbocycles. The molecule has 12 heteroatoms. The molecule has 38 heavy (non-hydrogen) atoms. The number of hydrogen-bond acceptors (Lipinski definition) is 7. The first-order chi connectivity index (χ1) is 18.4. The number of urea groups is 1. The van der Waals surface area contributed by atoms with Crippen molar-refractivity contribution in [3.8, 4) is 11.5 Å². The number of piperazine rings is 1. The number of anilines is 1. The number of rotatable bonds is 11. The lowest BCUT2D eigenvalue weighted by molar-refractivity contribution is 0.116. The molecule has 2 N–H and O–H groups in total. The second-order valence-electron chi connectivity index (χ2n) is 8.97. The number of benzene rings is 2. The lowest BCUT2D eigenvalue weighted by Gasteiger charge is -2.34. The molecule has 1 saturated heterocycles. The number of alkyl halides is 2. The minimum Gasteiger partial charge on any atom is -0.415 e. The minimum absolute atomic E-state index is 0.0440. The normalized spacial score (nSPS) is 14.7. The Hall–Kier alpha value is -3.48. The Morgan fingerprint density at radius 1 is 1.05 bits per heavy atom. The van der Waals surface area contributed by atoms with Crippen LogP contribution in [0.4, 0.5) is 23.7 Å². The largest absolute Gasteiger partial charge is 0.415 e. The smallest absolute Gasteiger partial charge is 0.322 e. The molecule has 4 rings (SSSR count). The number of aliphatic hydroxyl groups excluding tert-OH is 1. The first-order valence-electron chi connectivity index (χ1n) is 12.5. The molecule has 9 nitrogen and oxygen atoms in total. The standard InChI is InChI=1S/C26H31F3N6O3/c27-22-17-19(24-31-32-25(38-24)23(28)29)7-8-20(22)18-35(21-5-2-1-3-6-21)26(37)30-9-11-34-14-12-33(13-15-34)10-4-16-36/h1-3,5-8,17,23,36H,4,9-16,18H2,(H,30,37). The van der Waals surface area contributed by atoms with Crippen LogP contribution in [-0.4, -0.2) is 83.6 Å². The number of para-hydroxylation sites is 1. The molecular weight excluding hydrogens is 501 g/mol. The summed E-state index contributed by atoms with van der Waals surface area (Å²) in [5, 5.41) is 18.8. The highest BCUT2D eigenvalue weighted by molar-refractivity contribution is 5.91. The third-order valence-corrected chi connectivity index (χ3v) is 6.37. The van der Waals surface area contributed by atoms with Crippen LogP contribution < -0.4 is 10.2 Å². The molecule has 2 aromatic carbocycles. The van der Waals surface area contributed by atoms with E-state index in [1.807, 2.05) is 6.07 Å². The molecule has 0 saturated carbocycles. The maximum Gasteiger partial charge on any atom is 0.322 e. The topological polar surface area (TPSA) is 98.0 Å². The van der Waals surface area contributed by atoms with Crippen molar-refractivity contribution in [1.29, 1.82) is 0 Å². The predicted molar refractivity (Wildman–Crippen MR) is 135 cm³/mol. The molecule has 0 bridgehead atoms. The van der Waals surface area contributed by atoms with Crippen molar-refractivity contribution in [2.24, 2.45) is 0 Å². The van der Waals surface area contributed by atoms with E-state index in [-0.39, 0.29) is 36.2 Å². The van der Waals surface area contributed by atoms with Gasteiger partial charge in [0.2, 0.25) is 5.89 Å². The van der Waals surface area contributed by atoms with Crippen LogP contribution in [0.3, 0.4) is 0 Å². The van der Waals surface area contributed by atoms with E-state index < -0.39 is 18.1 Å². The lowest BCUT2D eigenvalue weighted by Crippen LogP contribution is -2.49. The average Bonchev–Trinajstić information content (AvgIpc) is 3.43. The van der Waals surface area contributed by atoms with E-state index in [4.69, 9.17) is 9.52 Å². The van der Waals surface area contributed by atoms with E-state index in [9.17, 15) is 13.6 Å². The van der Waals surface area contributed by atoms with Crippen molar-refractivity contribution in [2.45, 2.75) is 19.4 Å². The second kappa shape index (κ2) is 13.4. The number of aromatic nitrogens is 2. The molecule has 3 aromatic rings. The number of nitrogens with zero attached hydrogens (tertiary/aromatic N) is 5. The van der Waals surface area contributed by atoms with Gasteiger partial charge < -0.3 is 19.7 Å². The maximum atomic E-state index is 15.0. The van der Waals surface area contributed by atoms with Gasteiger partial charge in [-0.2, -0.15) is 8.78 Å². The summed E-state index contributed by atoms with van der Waals surface area (Å²) in [5.41, 5.74) is 1.00. The van der Waals surface area contributed by atoms with Crippen molar-refractivity contribution in [1.82, 2.24) is 25.3 Å². The van der Waals surface area contributed by atoms with Gasteiger partial charge in [-0.05, 0) is 30.7 Å². The van der Waals surface area contributed by atoms with Crippen molar-refractivity contribution in [3.63, 3.8) is 0 Å². The van der Waals surface area contributed by atoms with Gasteiger partial charge in [-0.1, -0.05) is 24.3 Å². The molecule has 2 amide bonds. The van der Waals surface area contributed by atoms with Gasteiger partial charge in [-0.3, -0.25) is 9.80 Å². The van der Waals surface area contributed by atoms with Crippen LogP contribution in [0.2, 0.25) is 0 Å². The Bertz CT molecular complexity index is 1170. The Balaban J connectivity index is 1.37. The Morgan fingerprint density at radius 3 is 2.39 bits per heavy atom. The zero-order chi connectivity index (χ0) is 26.9. The van der Waals surface area contributed by atoms with Gasteiger partial charge in [0, 0.05) is 69.2 Å². The maximum absolute atomic E-state index is 15.0. The quantitative estimate of drug-likeness (QED) is 0.390. The summed E-state index contributed by atoms with van der Waals surface area (Å²) in [7, 11) is 0. The SMILES string of the molecule is O=C(NCCN1CCN(CCCO)CC1)N(Cc1ccc(-c2nnc(C(F)F)o2)cc1F)c1ccccc1. The van der Waals surface area contributed by atoms with Gasteiger partial charge in [0.25, 0.3) is 5.89 Å². The van der Waals surface area contributed by atoms with E-state index in [1.54, 1.807) is 24.3 Å². The van der Waals surface area contributed by atoms with Crippen LogP contribution >= 0.6 is 0 Å². The molecule has 2 heterocycles. The van der Waals surface area contributed by atoms with Gasteiger partial charge in [0.15, 0.2) is 0 Å². The minimum atomic E-state index is -2.92. The highest BCUT2D eigenvalue weighted by Gasteiger charge is 2.21. The Kier molecular flexibility index (Phi) is 9.68. The lowest BCUT2D eigenvalue weighted by atomic mass is 10.1.